The highest BCUT2D eigenvalue weighted by atomic mass is 16.4. The van der Waals surface area contributed by atoms with E-state index < -0.39 is 30.4 Å². The molecule has 2 amide bonds. The zero-order valence-corrected chi connectivity index (χ0v) is 10.8. The first-order valence-electron chi connectivity index (χ1n) is 5.80. The molecular weight excluding hydrogens is 266 g/mol. The highest BCUT2D eigenvalue weighted by Crippen LogP contribution is 1.98. The first-order valence-corrected chi connectivity index (χ1v) is 5.80. The molecule has 0 aliphatic carbocycles. The number of nitrogens with zero attached hydrogens (tertiary/aromatic N) is 1. The number of hydrogen-bond acceptors (Lipinski definition) is 4. The number of amides is 2. The molecule has 1 aromatic rings. The number of aromatic nitrogens is 1. The van der Waals surface area contributed by atoms with Crippen molar-refractivity contribution in [3.63, 3.8) is 0 Å². The van der Waals surface area contributed by atoms with E-state index in [0.29, 0.717) is 5.69 Å². The highest BCUT2D eigenvalue weighted by Gasteiger charge is 2.22. The summed E-state index contributed by atoms with van der Waals surface area (Å²) >= 11 is 0. The van der Waals surface area contributed by atoms with E-state index in [1.807, 2.05) is 0 Å². The van der Waals surface area contributed by atoms with Crippen LogP contribution in [0.2, 0.25) is 0 Å². The fourth-order valence-corrected chi connectivity index (χ4v) is 1.45. The standard InChI is InChI=1S/C12H15N3O5/c1-7-3-2-4-8(14-7)6-13-12(20)15-9(11(18)19)5-10(16)17/h2-4,9H,5-6H2,1H3,(H,16,17)(H,18,19)(H2,13,15,20). The predicted molar refractivity (Wildman–Crippen MR) is 68.0 cm³/mol. The minimum atomic E-state index is -1.47. The van der Waals surface area contributed by atoms with Crippen molar-refractivity contribution in [1.82, 2.24) is 15.6 Å². The second-order valence-corrected chi connectivity index (χ2v) is 4.09. The van der Waals surface area contributed by atoms with E-state index in [-0.39, 0.29) is 6.54 Å². The number of nitrogens with one attached hydrogen (secondary N) is 2. The Morgan fingerprint density at radius 3 is 2.55 bits per heavy atom. The van der Waals surface area contributed by atoms with Crippen LogP contribution in [-0.2, 0) is 16.1 Å². The van der Waals surface area contributed by atoms with Gasteiger partial charge in [0.1, 0.15) is 6.04 Å². The Morgan fingerprint density at radius 1 is 1.30 bits per heavy atom. The number of carbonyl (C=O) groups excluding carboxylic acids is 1. The molecule has 8 heteroatoms. The van der Waals surface area contributed by atoms with Gasteiger partial charge in [0.2, 0.25) is 0 Å². The van der Waals surface area contributed by atoms with Gasteiger partial charge in [0, 0.05) is 5.69 Å². The zero-order chi connectivity index (χ0) is 15.1. The lowest BCUT2D eigenvalue weighted by molar-refractivity contribution is -0.145. The Kier molecular flexibility index (Phi) is 5.45. The largest absolute Gasteiger partial charge is 0.481 e. The van der Waals surface area contributed by atoms with Crippen LogP contribution in [-0.4, -0.2) is 39.2 Å². The molecule has 0 fully saturated rings. The third-order valence-corrected chi connectivity index (χ3v) is 2.36. The molecule has 0 saturated carbocycles. The van der Waals surface area contributed by atoms with E-state index in [1.54, 1.807) is 25.1 Å². The maximum absolute atomic E-state index is 11.5. The average molecular weight is 281 g/mol. The van der Waals surface area contributed by atoms with Crippen LogP contribution in [0.4, 0.5) is 4.79 Å². The van der Waals surface area contributed by atoms with Crippen LogP contribution >= 0.6 is 0 Å². The van der Waals surface area contributed by atoms with E-state index in [1.165, 1.54) is 0 Å². The van der Waals surface area contributed by atoms with Gasteiger partial charge in [-0.3, -0.25) is 9.78 Å². The third kappa shape index (κ3) is 5.34. The molecule has 0 radical (unpaired) electrons. The van der Waals surface area contributed by atoms with Gasteiger partial charge in [0.05, 0.1) is 18.7 Å². The van der Waals surface area contributed by atoms with Gasteiger partial charge in [0.25, 0.3) is 0 Å². The molecular formula is C12H15N3O5. The Balaban J connectivity index is 2.49. The molecule has 1 rings (SSSR count). The lowest BCUT2D eigenvalue weighted by Gasteiger charge is -2.13. The monoisotopic (exact) mass is 281 g/mol. The van der Waals surface area contributed by atoms with Gasteiger partial charge in [-0.25, -0.2) is 9.59 Å². The van der Waals surface area contributed by atoms with Crippen molar-refractivity contribution in [2.24, 2.45) is 0 Å². The summed E-state index contributed by atoms with van der Waals surface area (Å²) in [5, 5.41) is 21.8. The molecule has 0 spiro atoms. The van der Waals surface area contributed by atoms with Crippen LogP contribution in [0.1, 0.15) is 17.8 Å². The number of aryl methyl sites for hydroxylation is 1. The van der Waals surface area contributed by atoms with Crippen LogP contribution in [0.3, 0.4) is 0 Å². The van der Waals surface area contributed by atoms with Crippen LogP contribution < -0.4 is 10.6 Å². The number of carbonyl (C=O) groups is 3. The van der Waals surface area contributed by atoms with E-state index in [4.69, 9.17) is 10.2 Å². The zero-order valence-electron chi connectivity index (χ0n) is 10.8. The molecule has 4 N–H and O–H groups in total. The van der Waals surface area contributed by atoms with Crippen molar-refractivity contribution in [3.05, 3.63) is 29.6 Å². The van der Waals surface area contributed by atoms with E-state index in [9.17, 15) is 14.4 Å². The Hall–Kier alpha value is -2.64. The van der Waals surface area contributed by atoms with Gasteiger partial charge < -0.3 is 20.8 Å². The van der Waals surface area contributed by atoms with Crippen LogP contribution in [0.25, 0.3) is 0 Å². The number of aliphatic carboxylic acids is 2. The second-order valence-electron chi connectivity index (χ2n) is 4.09. The number of urea groups is 1. The molecule has 8 nitrogen and oxygen atoms in total. The van der Waals surface area contributed by atoms with Crippen molar-refractivity contribution in [2.75, 3.05) is 0 Å². The fourth-order valence-electron chi connectivity index (χ4n) is 1.45. The molecule has 0 bridgehead atoms. The van der Waals surface area contributed by atoms with Crippen molar-refractivity contribution in [1.29, 1.82) is 0 Å². The van der Waals surface area contributed by atoms with Crippen molar-refractivity contribution < 1.29 is 24.6 Å². The summed E-state index contributed by atoms with van der Waals surface area (Å²) in [6.07, 6.45) is -0.689. The third-order valence-electron chi connectivity index (χ3n) is 2.36. The van der Waals surface area contributed by atoms with E-state index in [2.05, 4.69) is 15.6 Å². The summed E-state index contributed by atoms with van der Waals surface area (Å²) in [5.74, 6) is -2.71. The summed E-state index contributed by atoms with van der Waals surface area (Å²) in [6.45, 7) is 1.92. The Morgan fingerprint density at radius 2 is 2.00 bits per heavy atom. The van der Waals surface area contributed by atoms with Gasteiger partial charge in [-0.05, 0) is 19.1 Å². The average Bonchev–Trinajstić information content (AvgIpc) is 2.35. The molecule has 20 heavy (non-hydrogen) atoms. The summed E-state index contributed by atoms with van der Waals surface area (Å²) < 4.78 is 0. The number of carboxylic acids is 2. The molecule has 0 aliphatic heterocycles. The van der Waals surface area contributed by atoms with E-state index >= 15 is 0 Å². The van der Waals surface area contributed by atoms with Gasteiger partial charge in [-0.2, -0.15) is 0 Å². The number of pyridine rings is 1. The van der Waals surface area contributed by atoms with Crippen LogP contribution in [0.15, 0.2) is 18.2 Å². The maximum atomic E-state index is 11.5. The number of carboxylic acid groups (broad SMARTS) is 2. The second kappa shape index (κ2) is 7.07. The summed E-state index contributed by atoms with van der Waals surface area (Å²) in [6, 6.07) is 3.05. The van der Waals surface area contributed by atoms with Gasteiger partial charge in [-0.1, -0.05) is 6.07 Å². The first kappa shape index (κ1) is 15.4. The van der Waals surface area contributed by atoms with Crippen molar-refractivity contribution in [2.45, 2.75) is 25.9 Å². The Labute approximate surface area is 114 Å². The van der Waals surface area contributed by atoms with Gasteiger partial charge in [-0.15, -0.1) is 0 Å². The summed E-state index contributed by atoms with van der Waals surface area (Å²) in [7, 11) is 0. The summed E-state index contributed by atoms with van der Waals surface area (Å²) in [4.78, 5) is 36.9. The lowest BCUT2D eigenvalue weighted by Crippen LogP contribution is -2.46. The molecule has 0 saturated heterocycles. The lowest BCUT2D eigenvalue weighted by atomic mass is 10.2. The van der Waals surface area contributed by atoms with Crippen molar-refractivity contribution in [3.8, 4) is 0 Å². The normalized spacial score (nSPS) is 11.4. The maximum Gasteiger partial charge on any atom is 0.326 e. The molecule has 1 atom stereocenters. The number of hydrogen-bond donors (Lipinski definition) is 4. The molecule has 0 aromatic carbocycles. The highest BCUT2D eigenvalue weighted by molar-refractivity contribution is 5.86. The topological polar surface area (TPSA) is 129 Å². The minimum absolute atomic E-state index is 0.118. The smallest absolute Gasteiger partial charge is 0.326 e. The Bertz CT molecular complexity index is 518. The molecule has 1 aromatic heterocycles. The summed E-state index contributed by atoms with van der Waals surface area (Å²) in [5.41, 5.74) is 1.41. The number of rotatable bonds is 6. The quantitative estimate of drug-likeness (QED) is 0.586. The van der Waals surface area contributed by atoms with Gasteiger partial charge in [0.15, 0.2) is 0 Å². The molecule has 1 unspecified atom stereocenters. The van der Waals surface area contributed by atoms with Gasteiger partial charge >= 0.3 is 18.0 Å². The molecule has 1 heterocycles. The fraction of sp³-hybridized carbons (Fsp3) is 0.333. The molecule has 0 aliphatic rings. The minimum Gasteiger partial charge on any atom is -0.481 e. The van der Waals surface area contributed by atoms with Crippen LogP contribution in [0.5, 0.6) is 0 Å². The predicted octanol–water partition coefficient (Wildman–Crippen LogP) is 0.117. The van der Waals surface area contributed by atoms with Crippen molar-refractivity contribution >= 4 is 18.0 Å². The molecule has 108 valence electrons. The van der Waals surface area contributed by atoms with E-state index in [0.717, 1.165) is 5.69 Å². The first-order chi connectivity index (χ1) is 9.38. The SMILES string of the molecule is Cc1cccc(CNC(=O)NC(CC(=O)O)C(=O)O)n1. The van der Waals surface area contributed by atoms with Crippen LogP contribution in [0, 0.1) is 6.92 Å².